The van der Waals surface area contributed by atoms with Crippen molar-refractivity contribution in [2.75, 3.05) is 26.2 Å². The Bertz CT molecular complexity index is 395. The molecule has 0 amide bonds. The highest BCUT2D eigenvalue weighted by Gasteiger charge is 2.32. The third-order valence-electron chi connectivity index (χ3n) is 5.37. The summed E-state index contributed by atoms with van der Waals surface area (Å²) in [5.41, 5.74) is 1.50. The van der Waals surface area contributed by atoms with Gasteiger partial charge in [0.25, 0.3) is 0 Å². The third kappa shape index (κ3) is 3.62. The van der Waals surface area contributed by atoms with Gasteiger partial charge >= 0.3 is 0 Å². The van der Waals surface area contributed by atoms with Crippen LogP contribution in [0.2, 0.25) is 0 Å². The Hall–Kier alpha value is -0.860. The molecule has 0 bridgehead atoms. The summed E-state index contributed by atoms with van der Waals surface area (Å²) in [5, 5.41) is 0. The lowest BCUT2D eigenvalue weighted by atomic mass is 9.95. The minimum atomic E-state index is 0.952. The maximum absolute atomic E-state index is 2.44. The van der Waals surface area contributed by atoms with Crippen LogP contribution in [0.4, 0.5) is 0 Å². The van der Waals surface area contributed by atoms with Gasteiger partial charge in [0.05, 0.1) is 32.2 Å². The van der Waals surface area contributed by atoms with Crippen LogP contribution in [-0.2, 0) is 6.54 Å². The maximum atomic E-state index is 2.44. The highest BCUT2D eigenvalue weighted by molar-refractivity contribution is 5.13. The summed E-state index contributed by atoms with van der Waals surface area (Å²) in [6.07, 6.45) is 5.78. The standard InChI is InChI=1S/C18H28N2/c1-16-6-5-11-20(14-16)18-9-12-19(13-10-18)15-17-7-3-2-4-8-17/h2-4,7-8,16,18H,5-6,9-15H2,1H3/p+2. The molecule has 2 unspecified atom stereocenters. The molecule has 1 aromatic carbocycles. The first-order chi connectivity index (χ1) is 9.81. The molecular weight excluding hydrogens is 244 g/mol. The quantitative estimate of drug-likeness (QED) is 0.796. The van der Waals surface area contributed by atoms with Gasteiger partial charge in [0.2, 0.25) is 0 Å². The van der Waals surface area contributed by atoms with Gasteiger partial charge < -0.3 is 9.80 Å². The Kier molecular flexibility index (Phi) is 4.74. The average molecular weight is 274 g/mol. The monoisotopic (exact) mass is 274 g/mol. The zero-order valence-electron chi connectivity index (χ0n) is 12.9. The number of rotatable bonds is 3. The summed E-state index contributed by atoms with van der Waals surface area (Å²) < 4.78 is 0. The molecule has 2 nitrogen and oxygen atoms in total. The Balaban J connectivity index is 1.47. The van der Waals surface area contributed by atoms with Crippen molar-refractivity contribution in [3.05, 3.63) is 35.9 Å². The summed E-state index contributed by atoms with van der Waals surface area (Å²) in [7, 11) is 0. The van der Waals surface area contributed by atoms with Crippen molar-refractivity contribution >= 4 is 0 Å². The van der Waals surface area contributed by atoms with Crippen molar-refractivity contribution in [3.63, 3.8) is 0 Å². The minimum Gasteiger partial charge on any atom is -0.332 e. The van der Waals surface area contributed by atoms with Crippen molar-refractivity contribution in [3.8, 4) is 0 Å². The van der Waals surface area contributed by atoms with Gasteiger partial charge in [0, 0.05) is 24.3 Å². The summed E-state index contributed by atoms with van der Waals surface area (Å²) in [4.78, 5) is 3.71. The van der Waals surface area contributed by atoms with Gasteiger partial charge in [-0.25, -0.2) is 0 Å². The fraction of sp³-hybridized carbons (Fsp3) is 0.667. The van der Waals surface area contributed by atoms with Crippen molar-refractivity contribution in [2.45, 2.75) is 45.2 Å². The predicted octanol–water partition coefficient (Wildman–Crippen LogP) is 0.549. The molecule has 2 atom stereocenters. The van der Waals surface area contributed by atoms with Crippen molar-refractivity contribution in [1.82, 2.24) is 0 Å². The van der Waals surface area contributed by atoms with E-state index in [2.05, 4.69) is 37.3 Å². The molecule has 110 valence electrons. The van der Waals surface area contributed by atoms with Crippen LogP contribution in [0, 0.1) is 5.92 Å². The number of likely N-dealkylation sites (tertiary alicyclic amines) is 2. The van der Waals surface area contributed by atoms with E-state index in [1.807, 2.05) is 4.90 Å². The van der Waals surface area contributed by atoms with E-state index in [1.54, 1.807) is 4.90 Å². The van der Waals surface area contributed by atoms with Crippen LogP contribution in [0.5, 0.6) is 0 Å². The molecule has 2 N–H and O–H groups in total. The Morgan fingerprint density at radius 1 is 1.00 bits per heavy atom. The summed E-state index contributed by atoms with van der Waals surface area (Å²) in [5.74, 6) is 0.952. The minimum absolute atomic E-state index is 0.952. The first-order valence-electron chi connectivity index (χ1n) is 8.53. The molecule has 20 heavy (non-hydrogen) atoms. The molecule has 2 saturated heterocycles. The molecule has 0 aliphatic carbocycles. The number of hydrogen-bond donors (Lipinski definition) is 2. The summed E-state index contributed by atoms with van der Waals surface area (Å²) in [6, 6.07) is 12.0. The Morgan fingerprint density at radius 3 is 2.45 bits per heavy atom. The van der Waals surface area contributed by atoms with Crippen molar-refractivity contribution in [2.24, 2.45) is 5.92 Å². The topological polar surface area (TPSA) is 8.88 Å². The van der Waals surface area contributed by atoms with Gasteiger partial charge in [0.15, 0.2) is 0 Å². The fourth-order valence-corrected chi connectivity index (χ4v) is 4.20. The molecule has 0 saturated carbocycles. The number of hydrogen-bond acceptors (Lipinski definition) is 0. The van der Waals surface area contributed by atoms with E-state index in [4.69, 9.17) is 0 Å². The zero-order valence-corrected chi connectivity index (χ0v) is 12.9. The van der Waals surface area contributed by atoms with E-state index >= 15 is 0 Å². The third-order valence-corrected chi connectivity index (χ3v) is 5.37. The SMILES string of the molecule is CC1CCC[NH+](C2CC[NH+](Cc3ccccc3)CC2)C1. The predicted molar refractivity (Wildman–Crippen MR) is 83.0 cm³/mol. The molecule has 0 aromatic heterocycles. The Morgan fingerprint density at radius 2 is 1.75 bits per heavy atom. The van der Waals surface area contributed by atoms with E-state index in [-0.39, 0.29) is 0 Å². The molecule has 2 fully saturated rings. The molecule has 0 radical (unpaired) electrons. The lowest BCUT2D eigenvalue weighted by molar-refractivity contribution is -0.967. The van der Waals surface area contributed by atoms with Crippen LogP contribution in [0.1, 0.15) is 38.2 Å². The van der Waals surface area contributed by atoms with Crippen LogP contribution >= 0.6 is 0 Å². The number of piperidine rings is 2. The smallest absolute Gasteiger partial charge is 0.103 e. The molecular formula is C18H30N2+2. The number of benzene rings is 1. The highest BCUT2D eigenvalue weighted by atomic mass is 15.2. The van der Waals surface area contributed by atoms with E-state index in [9.17, 15) is 0 Å². The van der Waals surface area contributed by atoms with Crippen LogP contribution in [-0.4, -0.2) is 32.2 Å². The second kappa shape index (κ2) is 6.73. The van der Waals surface area contributed by atoms with Gasteiger partial charge in [0.1, 0.15) is 6.54 Å². The molecule has 2 aliphatic rings. The second-order valence-corrected chi connectivity index (χ2v) is 7.05. The van der Waals surface area contributed by atoms with E-state index in [0.717, 1.165) is 12.0 Å². The normalized spacial score (nSPS) is 34.9. The second-order valence-electron chi connectivity index (χ2n) is 7.05. The van der Waals surface area contributed by atoms with Crippen LogP contribution in [0.15, 0.2) is 30.3 Å². The van der Waals surface area contributed by atoms with Crippen LogP contribution < -0.4 is 9.80 Å². The molecule has 3 rings (SSSR count). The van der Waals surface area contributed by atoms with Gasteiger partial charge in [-0.05, 0) is 12.8 Å². The van der Waals surface area contributed by atoms with E-state index in [0.29, 0.717) is 0 Å². The average Bonchev–Trinajstić information content (AvgIpc) is 2.49. The van der Waals surface area contributed by atoms with Gasteiger partial charge in [-0.3, -0.25) is 0 Å². The Labute approximate surface area is 123 Å². The zero-order chi connectivity index (χ0) is 13.8. The first kappa shape index (κ1) is 14.1. The van der Waals surface area contributed by atoms with Gasteiger partial charge in [-0.1, -0.05) is 37.3 Å². The lowest BCUT2D eigenvalue weighted by Crippen LogP contribution is -3.21. The number of nitrogens with one attached hydrogen (secondary N) is 2. The van der Waals surface area contributed by atoms with Crippen molar-refractivity contribution < 1.29 is 9.80 Å². The van der Waals surface area contributed by atoms with Gasteiger partial charge in [-0.15, -0.1) is 0 Å². The first-order valence-corrected chi connectivity index (χ1v) is 8.53. The lowest BCUT2D eigenvalue weighted by Gasteiger charge is -2.37. The van der Waals surface area contributed by atoms with Crippen LogP contribution in [0.3, 0.4) is 0 Å². The van der Waals surface area contributed by atoms with Crippen molar-refractivity contribution in [1.29, 1.82) is 0 Å². The highest BCUT2D eigenvalue weighted by Crippen LogP contribution is 2.07. The molecule has 1 aromatic rings. The molecule has 2 heterocycles. The summed E-state index contributed by atoms with van der Waals surface area (Å²) in [6.45, 7) is 9.27. The molecule has 2 heteroatoms. The fourth-order valence-electron chi connectivity index (χ4n) is 4.20. The maximum Gasteiger partial charge on any atom is 0.103 e. The largest absolute Gasteiger partial charge is 0.332 e. The molecule has 0 spiro atoms. The van der Waals surface area contributed by atoms with E-state index in [1.165, 1.54) is 64.0 Å². The molecule has 2 aliphatic heterocycles. The number of quaternary nitrogens is 2. The van der Waals surface area contributed by atoms with Crippen LogP contribution in [0.25, 0.3) is 0 Å². The van der Waals surface area contributed by atoms with E-state index < -0.39 is 0 Å². The van der Waals surface area contributed by atoms with Gasteiger partial charge in [-0.2, -0.15) is 0 Å². The summed E-state index contributed by atoms with van der Waals surface area (Å²) >= 11 is 0.